The van der Waals surface area contributed by atoms with Crippen LogP contribution in [-0.4, -0.2) is 112 Å². The van der Waals surface area contributed by atoms with Crippen LogP contribution >= 0.6 is 0 Å². The predicted molar refractivity (Wildman–Crippen MR) is 176 cm³/mol. The van der Waals surface area contributed by atoms with Crippen molar-refractivity contribution >= 4 is 12.1 Å². The second kappa shape index (κ2) is 16.2. The zero-order chi connectivity index (χ0) is 33.6. The molecule has 3 N–H and O–H groups in total. The van der Waals surface area contributed by atoms with E-state index in [0.717, 1.165) is 18.7 Å². The van der Waals surface area contributed by atoms with Gasteiger partial charge in [0.15, 0.2) is 0 Å². The fourth-order valence-corrected chi connectivity index (χ4v) is 6.70. The highest BCUT2D eigenvalue weighted by Crippen LogP contribution is 2.37. The van der Waals surface area contributed by atoms with E-state index >= 15 is 0 Å². The minimum atomic E-state index is -1.12. The monoisotopic (exact) mass is 646 g/mol. The second-order valence-corrected chi connectivity index (χ2v) is 14.5. The third-order valence-corrected chi connectivity index (χ3v) is 10.2. The van der Waals surface area contributed by atoms with Gasteiger partial charge in [-0.1, -0.05) is 52.0 Å². The largest absolute Gasteiger partial charge is 0.457 e. The number of piperazine rings is 1. The van der Waals surface area contributed by atoms with E-state index in [0.29, 0.717) is 44.8 Å². The maximum Gasteiger partial charge on any atom is 0.410 e. The van der Waals surface area contributed by atoms with Crippen LogP contribution in [0.5, 0.6) is 0 Å². The molecule has 46 heavy (non-hydrogen) atoms. The molecule has 260 valence electrons. The van der Waals surface area contributed by atoms with Crippen LogP contribution in [0, 0.1) is 17.8 Å². The summed E-state index contributed by atoms with van der Waals surface area (Å²) in [7, 11) is 0. The molecule has 0 aromatic carbocycles. The van der Waals surface area contributed by atoms with E-state index in [9.17, 15) is 24.9 Å². The summed E-state index contributed by atoms with van der Waals surface area (Å²) < 4.78 is 17.7. The number of cyclic esters (lactones) is 1. The average molecular weight is 647 g/mol. The average Bonchev–Trinajstić information content (AvgIpc) is 3.95. The van der Waals surface area contributed by atoms with Crippen LogP contribution in [0.3, 0.4) is 0 Å². The predicted octanol–water partition coefficient (Wildman–Crippen LogP) is 4.37. The number of hydrogen-bond donors (Lipinski definition) is 3. The van der Waals surface area contributed by atoms with Crippen LogP contribution < -0.4 is 0 Å². The molecule has 10 nitrogen and oxygen atoms in total. The lowest BCUT2D eigenvalue weighted by Crippen LogP contribution is -2.50. The topological polar surface area (TPSA) is 132 Å². The van der Waals surface area contributed by atoms with Gasteiger partial charge < -0.3 is 34.4 Å². The number of nitrogens with zero attached hydrogens (tertiary/aromatic N) is 2. The van der Waals surface area contributed by atoms with E-state index < -0.39 is 36.0 Å². The minimum Gasteiger partial charge on any atom is -0.457 e. The highest BCUT2D eigenvalue weighted by molar-refractivity contribution is 5.70. The van der Waals surface area contributed by atoms with Crippen molar-refractivity contribution in [1.82, 2.24) is 9.80 Å². The van der Waals surface area contributed by atoms with Gasteiger partial charge in [-0.2, -0.15) is 0 Å². The first-order chi connectivity index (χ1) is 21.8. The fourth-order valence-electron chi connectivity index (χ4n) is 6.70. The zero-order valence-corrected chi connectivity index (χ0v) is 28.7. The molecule has 3 heterocycles. The second-order valence-electron chi connectivity index (χ2n) is 14.5. The number of carbonyl (C=O) groups excluding carboxylic acids is 2. The first-order valence-corrected chi connectivity index (χ1v) is 17.4. The summed E-state index contributed by atoms with van der Waals surface area (Å²) in [5.74, 6) is -0.750. The molecule has 1 aliphatic carbocycles. The van der Waals surface area contributed by atoms with E-state index in [-0.39, 0.29) is 42.5 Å². The number of rotatable bonds is 10. The molecule has 2 saturated heterocycles. The number of allylic oxidation sites excluding steroid dienone is 2. The standard InChI is InChI=1S/C36H58N2O8/c1-7-29(40)26(5)34-31(44-34)22-36(6,43)16-8-9-24(3)33-25(4)11-15-30(23(2)10-14-28(39)21-32(41)46-33)45-35(42)38-19-17-37(18-20-38)27-12-13-27/h8-9,11,15-16,23,25-31,33-34,39-40,43H,7,10,12-14,17-22H2,1-6H3/b15-11-,16-8+,24-9+. The van der Waals surface area contributed by atoms with Gasteiger partial charge in [0.25, 0.3) is 0 Å². The first kappa shape index (κ1) is 36.6. The van der Waals surface area contributed by atoms with Crippen molar-refractivity contribution in [1.29, 1.82) is 0 Å². The van der Waals surface area contributed by atoms with Crippen molar-refractivity contribution in [2.24, 2.45) is 17.8 Å². The highest BCUT2D eigenvalue weighted by atomic mass is 16.6. The Bertz CT molecular complexity index is 1110. The summed E-state index contributed by atoms with van der Waals surface area (Å²) in [5.41, 5.74) is -0.344. The number of esters is 1. The molecule has 1 saturated carbocycles. The van der Waals surface area contributed by atoms with E-state index in [1.54, 1.807) is 24.0 Å². The molecule has 0 aromatic rings. The van der Waals surface area contributed by atoms with E-state index in [1.807, 2.05) is 52.8 Å². The normalized spacial score (nSPS) is 35.3. The molecule has 3 aliphatic heterocycles. The van der Waals surface area contributed by atoms with Crippen LogP contribution in [0.15, 0.2) is 36.0 Å². The van der Waals surface area contributed by atoms with Crippen LogP contribution in [0.2, 0.25) is 0 Å². The van der Waals surface area contributed by atoms with Crippen molar-refractivity contribution in [2.75, 3.05) is 26.2 Å². The van der Waals surface area contributed by atoms with Crippen molar-refractivity contribution < 1.29 is 39.1 Å². The molecule has 0 spiro atoms. The van der Waals surface area contributed by atoms with Gasteiger partial charge in [-0.05, 0) is 63.5 Å². The molecule has 3 fully saturated rings. The van der Waals surface area contributed by atoms with Gasteiger partial charge in [0.1, 0.15) is 12.2 Å². The molecule has 10 heteroatoms. The molecular weight excluding hydrogens is 588 g/mol. The number of ether oxygens (including phenoxy) is 3. The summed E-state index contributed by atoms with van der Waals surface area (Å²) in [6.45, 7) is 14.5. The summed E-state index contributed by atoms with van der Waals surface area (Å²) in [4.78, 5) is 30.2. The van der Waals surface area contributed by atoms with Crippen molar-refractivity contribution in [3.05, 3.63) is 36.0 Å². The van der Waals surface area contributed by atoms with Crippen LogP contribution in [0.1, 0.15) is 86.5 Å². The zero-order valence-electron chi connectivity index (χ0n) is 28.7. The number of carbonyl (C=O) groups is 2. The third-order valence-electron chi connectivity index (χ3n) is 10.2. The molecule has 10 unspecified atom stereocenters. The quantitative estimate of drug-likeness (QED) is 0.137. The van der Waals surface area contributed by atoms with E-state index in [2.05, 4.69) is 4.90 Å². The number of hydrogen-bond acceptors (Lipinski definition) is 9. The molecule has 4 aliphatic rings. The summed E-state index contributed by atoms with van der Waals surface area (Å²) in [6, 6.07) is 0.684. The fraction of sp³-hybridized carbons (Fsp3) is 0.778. The summed E-state index contributed by atoms with van der Waals surface area (Å²) in [6.07, 6.45) is 10.8. The van der Waals surface area contributed by atoms with Gasteiger partial charge >= 0.3 is 12.1 Å². The Morgan fingerprint density at radius 1 is 1.15 bits per heavy atom. The first-order valence-electron chi connectivity index (χ1n) is 17.4. The SMILES string of the molecule is CCC(O)C(C)C1OC1CC(C)(O)/C=C/C=C(\C)C1OC(=O)CC(O)CCC(C)C(OC(=O)N2CCN(C3CC3)CC2)/C=C\C1C. The van der Waals surface area contributed by atoms with E-state index in [4.69, 9.17) is 14.2 Å². The van der Waals surface area contributed by atoms with E-state index in [1.165, 1.54) is 12.8 Å². The van der Waals surface area contributed by atoms with Gasteiger partial charge in [-0.25, -0.2) is 4.79 Å². The van der Waals surface area contributed by atoms with Crippen molar-refractivity contribution in [3.8, 4) is 0 Å². The molecular formula is C36H58N2O8. The summed E-state index contributed by atoms with van der Waals surface area (Å²) in [5, 5.41) is 31.7. The van der Waals surface area contributed by atoms with Crippen molar-refractivity contribution in [2.45, 2.75) is 135 Å². The van der Waals surface area contributed by atoms with Gasteiger partial charge in [-0.3, -0.25) is 9.69 Å². The maximum absolute atomic E-state index is 13.2. The Balaban J connectivity index is 1.40. The van der Waals surface area contributed by atoms with Gasteiger partial charge in [0, 0.05) is 50.5 Å². The lowest BCUT2D eigenvalue weighted by Gasteiger charge is -2.35. The highest BCUT2D eigenvalue weighted by Gasteiger charge is 2.47. The molecule has 0 bridgehead atoms. The third kappa shape index (κ3) is 10.6. The van der Waals surface area contributed by atoms with Crippen LogP contribution in [0.4, 0.5) is 4.79 Å². The summed E-state index contributed by atoms with van der Waals surface area (Å²) >= 11 is 0. The smallest absolute Gasteiger partial charge is 0.410 e. The Morgan fingerprint density at radius 2 is 1.85 bits per heavy atom. The molecule has 0 aromatic heterocycles. The number of aliphatic hydroxyl groups excluding tert-OH is 2. The number of aliphatic hydroxyl groups is 3. The Labute approximate surface area is 275 Å². The molecule has 10 atom stereocenters. The lowest BCUT2D eigenvalue weighted by molar-refractivity contribution is -0.151. The van der Waals surface area contributed by atoms with Gasteiger partial charge in [-0.15, -0.1) is 0 Å². The van der Waals surface area contributed by atoms with Crippen molar-refractivity contribution in [3.63, 3.8) is 0 Å². The maximum atomic E-state index is 13.2. The Kier molecular flexibility index (Phi) is 12.9. The molecule has 0 radical (unpaired) electrons. The number of epoxide rings is 1. The van der Waals surface area contributed by atoms with Crippen LogP contribution in [0.25, 0.3) is 0 Å². The molecule has 1 amide bonds. The lowest BCUT2D eigenvalue weighted by atomic mass is 9.91. The Hall–Kier alpha value is -2.24. The minimum absolute atomic E-state index is 0.00884. The number of amides is 1. The van der Waals surface area contributed by atoms with Crippen LogP contribution in [-0.2, 0) is 19.0 Å². The van der Waals surface area contributed by atoms with Gasteiger partial charge in [0.2, 0.25) is 0 Å². The molecule has 4 rings (SSSR count). The Morgan fingerprint density at radius 3 is 2.50 bits per heavy atom. The van der Waals surface area contributed by atoms with Gasteiger partial charge in [0.05, 0.1) is 36.4 Å².